The molecule has 0 bridgehead atoms. The van der Waals surface area contributed by atoms with Crippen molar-refractivity contribution in [2.24, 2.45) is 0 Å². The summed E-state index contributed by atoms with van der Waals surface area (Å²) in [4.78, 5) is 0. The molecule has 146 valence electrons. The highest BCUT2D eigenvalue weighted by Gasteiger charge is 2.11. The fraction of sp³-hybridized carbons (Fsp3) is 0.167. The molecule has 4 rings (SSSR count). The van der Waals surface area contributed by atoms with E-state index in [4.69, 9.17) is 9.47 Å². The lowest BCUT2D eigenvalue weighted by Crippen LogP contribution is -2.00. The second kappa shape index (κ2) is 8.61. The zero-order valence-electron chi connectivity index (χ0n) is 16.6. The highest BCUT2D eigenvalue weighted by molar-refractivity contribution is 6.00. The van der Waals surface area contributed by atoms with E-state index in [9.17, 15) is 0 Å². The molecular weight excluding hydrogens is 362 g/mol. The number of methoxy groups -OCH3 is 1. The molecule has 0 atom stereocenters. The molecule has 29 heavy (non-hydrogen) atoms. The van der Waals surface area contributed by atoms with Crippen LogP contribution >= 0.6 is 0 Å². The molecule has 0 saturated heterocycles. The molecule has 5 nitrogen and oxygen atoms in total. The molecule has 1 heterocycles. The zero-order valence-corrected chi connectivity index (χ0v) is 16.6. The molecule has 0 amide bonds. The van der Waals surface area contributed by atoms with Gasteiger partial charge in [-0.15, -0.1) is 10.2 Å². The maximum absolute atomic E-state index is 5.65. The predicted molar refractivity (Wildman–Crippen MR) is 117 cm³/mol. The summed E-state index contributed by atoms with van der Waals surface area (Å²) in [5.41, 5.74) is 2.78. The summed E-state index contributed by atoms with van der Waals surface area (Å²) in [5, 5.41) is 14.4. The van der Waals surface area contributed by atoms with Gasteiger partial charge >= 0.3 is 0 Å². The number of hydrogen-bond acceptors (Lipinski definition) is 5. The summed E-state index contributed by atoms with van der Waals surface area (Å²) < 4.78 is 10.9. The summed E-state index contributed by atoms with van der Waals surface area (Å²) in [6.45, 7) is 2.81. The Kier molecular flexibility index (Phi) is 5.56. The number of rotatable bonds is 7. The van der Waals surface area contributed by atoms with E-state index < -0.39 is 0 Å². The van der Waals surface area contributed by atoms with Gasteiger partial charge in [0.25, 0.3) is 0 Å². The van der Waals surface area contributed by atoms with Crippen molar-refractivity contribution in [1.29, 1.82) is 0 Å². The Balaban J connectivity index is 1.66. The van der Waals surface area contributed by atoms with Gasteiger partial charge in [0.2, 0.25) is 0 Å². The summed E-state index contributed by atoms with van der Waals surface area (Å²) in [7, 11) is 1.66. The number of ether oxygens (including phenoxy) is 2. The zero-order chi connectivity index (χ0) is 20.1. The normalized spacial score (nSPS) is 10.7. The maximum atomic E-state index is 5.65. The van der Waals surface area contributed by atoms with Crippen LogP contribution in [0.3, 0.4) is 0 Å². The van der Waals surface area contributed by atoms with Crippen molar-refractivity contribution in [1.82, 2.24) is 10.2 Å². The lowest BCUT2D eigenvalue weighted by atomic mass is 10.0. The lowest BCUT2D eigenvalue weighted by molar-refractivity contribution is 0.317. The third-order valence-corrected chi connectivity index (χ3v) is 4.64. The third kappa shape index (κ3) is 4.14. The van der Waals surface area contributed by atoms with Gasteiger partial charge in [-0.3, -0.25) is 0 Å². The average molecular weight is 385 g/mol. The van der Waals surface area contributed by atoms with Crippen molar-refractivity contribution in [2.45, 2.75) is 13.3 Å². The molecule has 1 N–H and O–H groups in total. The molecule has 0 aliphatic heterocycles. The predicted octanol–water partition coefficient (Wildman–Crippen LogP) is 5.84. The molecule has 1 aromatic heterocycles. The molecular formula is C24H23N3O2. The van der Waals surface area contributed by atoms with Crippen molar-refractivity contribution in [3.05, 3.63) is 72.8 Å². The van der Waals surface area contributed by atoms with Crippen molar-refractivity contribution in [2.75, 3.05) is 19.0 Å². The molecule has 0 saturated carbocycles. The molecule has 5 heteroatoms. The van der Waals surface area contributed by atoms with Crippen LogP contribution in [0.2, 0.25) is 0 Å². The largest absolute Gasteiger partial charge is 0.497 e. The molecule has 3 aromatic carbocycles. The van der Waals surface area contributed by atoms with E-state index in [1.54, 1.807) is 7.11 Å². The van der Waals surface area contributed by atoms with Gasteiger partial charge in [-0.1, -0.05) is 31.2 Å². The molecule has 0 aliphatic rings. The van der Waals surface area contributed by atoms with Crippen LogP contribution in [0, 0.1) is 0 Å². The first kappa shape index (κ1) is 18.7. The Labute approximate surface area is 170 Å². The number of fused-ring (bicyclic) bond motifs is 1. The SMILES string of the molecule is CCCOc1ccc(Nc2nnc(-c3ccc(OC)cc3)c3ccccc23)cc1. The number of anilines is 2. The quantitative estimate of drug-likeness (QED) is 0.433. The van der Waals surface area contributed by atoms with E-state index in [1.807, 2.05) is 60.7 Å². The van der Waals surface area contributed by atoms with Crippen molar-refractivity contribution >= 4 is 22.3 Å². The molecule has 0 fully saturated rings. The van der Waals surface area contributed by atoms with Gasteiger partial charge in [0.05, 0.1) is 13.7 Å². The van der Waals surface area contributed by atoms with E-state index >= 15 is 0 Å². The van der Waals surface area contributed by atoms with Gasteiger partial charge in [0, 0.05) is 22.0 Å². The Morgan fingerprint density at radius 3 is 2.17 bits per heavy atom. The Morgan fingerprint density at radius 1 is 0.793 bits per heavy atom. The molecule has 0 spiro atoms. The number of hydrogen-bond donors (Lipinski definition) is 1. The number of nitrogens with one attached hydrogen (secondary N) is 1. The monoisotopic (exact) mass is 385 g/mol. The highest BCUT2D eigenvalue weighted by atomic mass is 16.5. The second-order valence-electron chi connectivity index (χ2n) is 6.67. The fourth-order valence-corrected chi connectivity index (χ4v) is 3.15. The van der Waals surface area contributed by atoms with E-state index in [2.05, 4.69) is 34.6 Å². The van der Waals surface area contributed by atoms with Gasteiger partial charge in [-0.2, -0.15) is 0 Å². The van der Waals surface area contributed by atoms with Crippen LogP contribution in [-0.4, -0.2) is 23.9 Å². The van der Waals surface area contributed by atoms with Crippen molar-refractivity contribution < 1.29 is 9.47 Å². The first-order valence-corrected chi connectivity index (χ1v) is 9.68. The molecule has 0 unspecified atom stereocenters. The molecule has 4 aromatic rings. The van der Waals surface area contributed by atoms with Crippen LogP contribution in [-0.2, 0) is 0 Å². The smallest absolute Gasteiger partial charge is 0.161 e. The van der Waals surface area contributed by atoms with Gasteiger partial charge in [0.15, 0.2) is 5.82 Å². The minimum atomic E-state index is 0.718. The Bertz CT molecular complexity index is 1090. The van der Waals surface area contributed by atoms with Crippen molar-refractivity contribution in [3.63, 3.8) is 0 Å². The standard InChI is InChI=1S/C24H23N3O2/c1-3-16-29-20-14-10-18(11-15-20)25-24-22-7-5-4-6-21(22)23(26-27-24)17-8-12-19(28-2)13-9-17/h4-15H,3,16H2,1-2H3,(H,25,27). The fourth-order valence-electron chi connectivity index (χ4n) is 3.15. The number of aromatic nitrogens is 2. The average Bonchev–Trinajstić information content (AvgIpc) is 2.79. The van der Waals surface area contributed by atoms with Crippen LogP contribution in [0.25, 0.3) is 22.0 Å². The number of benzene rings is 3. The summed E-state index contributed by atoms with van der Waals surface area (Å²) in [5.74, 6) is 2.40. The van der Waals surface area contributed by atoms with Gasteiger partial charge in [-0.25, -0.2) is 0 Å². The highest BCUT2D eigenvalue weighted by Crippen LogP contribution is 2.32. The minimum absolute atomic E-state index is 0.718. The second-order valence-corrected chi connectivity index (χ2v) is 6.67. The van der Waals surface area contributed by atoms with E-state index in [0.29, 0.717) is 0 Å². The van der Waals surface area contributed by atoms with Gasteiger partial charge < -0.3 is 14.8 Å². The van der Waals surface area contributed by atoms with E-state index in [-0.39, 0.29) is 0 Å². The minimum Gasteiger partial charge on any atom is -0.497 e. The van der Waals surface area contributed by atoms with Gasteiger partial charge in [-0.05, 0) is 55.0 Å². The van der Waals surface area contributed by atoms with Crippen LogP contribution in [0.15, 0.2) is 72.8 Å². The third-order valence-electron chi connectivity index (χ3n) is 4.64. The summed E-state index contributed by atoms with van der Waals surface area (Å²) >= 11 is 0. The van der Waals surface area contributed by atoms with Crippen LogP contribution < -0.4 is 14.8 Å². The molecule has 0 aliphatic carbocycles. The van der Waals surface area contributed by atoms with Crippen LogP contribution in [0.5, 0.6) is 11.5 Å². The van der Waals surface area contributed by atoms with E-state index in [0.717, 1.165) is 58.1 Å². The van der Waals surface area contributed by atoms with E-state index in [1.165, 1.54) is 0 Å². The van der Waals surface area contributed by atoms with Crippen LogP contribution in [0.1, 0.15) is 13.3 Å². The first-order chi connectivity index (χ1) is 14.3. The molecule has 0 radical (unpaired) electrons. The van der Waals surface area contributed by atoms with Crippen LogP contribution in [0.4, 0.5) is 11.5 Å². The summed E-state index contributed by atoms with van der Waals surface area (Å²) in [6.07, 6.45) is 0.988. The van der Waals surface area contributed by atoms with Gasteiger partial charge in [0.1, 0.15) is 17.2 Å². The maximum Gasteiger partial charge on any atom is 0.161 e. The summed E-state index contributed by atoms with van der Waals surface area (Å²) in [6, 6.07) is 23.9. The topological polar surface area (TPSA) is 56.3 Å². The van der Waals surface area contributed by atoms with Crippen molar-refractivity contribution in [3.8, 4) is 22.8 Å². The Morgan fingerprint density at radius 2 is 1.48 bits per heavy atom. The number of nitrogens with zero attached hydrogens (tertiary/aromatic N) is 2. The lowest BCUT2D eigenvalue weighted by Gasteiger charge is -2.12. The Hall–Kier alpha value is -3.60. The first-order valence-electron chi connectivity index (χ1n) is 9.68.